The van der Waals surface area contributed by atoms with E-state index in [4.69, 9.17) is 14.6 Å². The lowest BCUT2D eigenvalue weighted by atomic mass is 9.89. The van der Waals surface area contributed by atoms with E-state index in [-0.39, 0.29) is 30.2 Å². The fourth-order valence-electron chi connectivity index (χ4n) is 4.49. The summed E-state index contributed by atoms with van der Waals surface area (Å²) in [6.45, 7) is 2.23. The molecule has 1 amide bonds. The van der Waals surface area contributed by atoms with Gasteiger partial charge in [-0.05, 0) is 55.9 Å². The summed E-state index contributed by atoms with van der Waals surface area (Å²) in [4.78, 5) is 23.5. The van der Waals surface area contributed by atoms with E-state index in [1.54, 1.807) is 19.2 Å². The van der Waals surface area contributed by atoms with E-state index in [2.05, 4.69) is 0 Å². The number of benzene rings is 2. The first-order chi connectivity index (χ1) is 16.0. The van der Waals surface area contributed by atoms with E-state index in [1.165, 1.54) is 30.0 Å². The van der Waals surface area contributed by atoms with Gasteiger partial charge in [-0.2, -0.15) is 5.10 Å². The van der Waals surface area contributed by atoms with Gasteiger partial charge in [-0.1, -0.05) is 19.1 Å². The van der Waals surface area contributed by atoms with E-state index in [0.29, 0.717) is 23.5 Å². The minimum atomic E-state index is -0.438. The fourth-order valence-corrected chi connectivity index (χ4v) is 4.49. The Bertz CT molecular complexity index is 1060. The Kier molecular flexibility index (Phi) is 6.91. The number of rotatable bonds is 8. The molecule has 1 aliphatic carbocycles. The van der Waals surface area contributed by atoms with Crippen molar-refractivity contribution in [1.82, 2.24) is 5.01 Å². The smallest absolute Gasteiger partial charge is 0.269 e. The third kappa shape index (κ3) is 5.16. The van der Waals surface area contributed by atoms with Gasteiger partial charge in [0.05, 0.1) is 30.4 Å². The average molecular weight is 452 g/mol. The molecule has 8 heteroatoms. The van der Waals surface area contributed by atoms with Gasteiger partial charge in [0.25, 0.3) is 5.69 Å². The van der Waals surface area contributed by atoms with E-state index < -0.39 is 4.92 Å². The first kappa shape index (κ1) is 22.8. The SMILES string of the molecule is CCC1CC(=O)N(Cc2cccc([N+](=O)[O-])c2)N=C1c1ccc(OC)c(OC2CCCC2)c1. The zero-order valence-electron chi connectivity index (χ0n) is 19.0. The van der Waals surface area contributed by atoms with Crippen LogP contribution in [0.4, 0.5) is 5.69 Å². The zero-order chi connectivity index (χ0) is 23.4. The predicted molar refractivity (Wildman–Crippen MR) is 124 cm³/mol. The third-order valence-corrected chi connectivity index (χ3v) is 6.33. The zero-order valence-corrected chi connectivity index (χ0v) is 19.0. The molecule has 0 bridgehead atoms. The van der Waals surface area contributed by atoms with Crippen molar-refractivity contribution in [2.45, 2.75) is 58.1 Å². The summed E-state index contributed by atoms with van der Waals surface area (Å²) in [5, 5.41) is 17.2. The van der Waals surface area contributed by atoms with Crippen LogP contribution >= 0.6 is 0 Å². The highest BCUT2D eigenvalue weighted by Gasteiger charge is 2.30. The van der Waals surface area contributed by atoms with Crippen molar-refractivity contribution >= 4 is 17.3 Å². The van der Waals surface area contributed by atoms with Gasteiger partial charge in [0.1, 0.15) is 0 Å². The lowest BCUT2D eigenvalue weighted by molar-refractivity contribution is -0.384. The monoisotopic (exact) mass is 451 g/mol. The van der Waals surface area contributed by atoms with Crippen molar-refractivity contribution in [2.24, 2.45) is 11.0 Å². The number of carbonyl (C=O) groups is 1. The van der Waals surface area contributed by atoms with Crippen LogP contribution in [0.2, 0.25) is 0 Å². The summed E-state index contributed by atoms with van der Waals surface area (Å²) in [6, 6.07) is 12.1. The Labute approximate surface area is 193 Å². The van der Waals surface area contributed by atoms with Crippen LogP contribution < -0.4 is 9.47 Å². The first-order valence-corrected chi connectivity index (χ1v) is 11.5. The number of amides is 1. The minimum absolute atomic E-state index is 0.00328. The van der Waals surface area contributed by atoms with E-state index in [0.717, 1.165) is 30.5 Å². The number of non-ortho nitro benzene ring substituents is 1. The molecule has 0 N–H and O–H groups in total. The maximum absolute atomic E-state index is 12.8. The molecular weight excluding hydrogens is 422 g/mol. The maximum Gasteiger partial charge on any atom is 0.269 e. The van der Waals surface area contributed by atoms with Crippen LogP contribution in [0.3, 0.4) is 0 Å². The normalized spacial score (nSPS) is 18.8. The van der Waals surface area contributed by atoms with E-state index >= 15 is 0 Å². The average Bonchev–Trinajstić information content (AvgIpc) is 3.33. The van der Waals surface area contributed by atoms with Crippen molar-refractivity contribution in [2.75, 3.05) is 7.11 Å². The van der Waals surface area contributed by atoms with Crippen LogP contribution in [-0.2, 0) is 11.3 Å². The van der Waals surface area contributed by atoms with Crippen molar-refractivity contribution in [1.29, 1.82) is 0 Å². The molecule has 0 aromatic heterocycles. The molecule has 1 atom stereocenters. The summed E-state index contributed by atoms with van der Waals surface area (Å²) >= 11 is 0. The van der Waals surface area contributed by atoms with Crippen LogP contribution in [0.25, 0.3) is 0 Å². The second-order valence-corrected chi connectivity index (χ2v) is 8.56. The Morgan fingerprint density at radius 1 is 1.15 bits per heavy atom. The number of ether oxygens (including phenoxy) is 2. The standard InChI is InChI=1S/C25H29N3O5/c1-3-18-15-24(29)27(16-17-7-6-8-20(13-17)28(30)31)26-25(18)19-11-12-22(32-2)23(14-19)33-21-9-4-5-10-21/h6-8,11-14,18,21H,3-5,9-10,15-16H2,1-2H3. The molecule has 0 radical (unpaired) electrons. The van der Waals surface area contributed by atoms with Gasteiger partial charge in [-0.15, -0.1) is 0 Å². The second-order valence-electron chi connectivity index (χ2n) is 8.56. The van der Waals surface area contributed by atoms with Gasteiger partial charge in [-0.3, -0.25) is 14.9 Å². The topological polar surface area (TPSA) is 94.3 Å². The highest BCUT2D eigenvalue weighted by Crippen LogP contribution is 2.34. The number of hydrogen-bond acceptors (Lipinski definition) is 6. The first-order valence-electron chi connectivity index (χ1n) is 11.5. The third-order valence-electron chi connectivity index (χ3n) is 6.33. The molecular formula is C25H29N3O5. The molecule has 1 heterocycles. The molecule has 4 rings (SSSR count). The quantitative estimate of drug-likeness (QED) is 0.412. The largest absolute Gasteiger partial charge is 0.493 e. The molecule has 0 saturated heterocycles. The lowest BCUT2D eigenvalue weighted by Gasteiger charge is -2.29. The molecule has 2 aromatic carbocycles. The van der Waals surface area contributed by atoms with Gasteiger partial charge in [0.15, 0.2) is 11.5 Å². The van der Waals surface area contributed by atoms with Crippen molar-refractivity contribution < 1.29 is 19.2 Å². The van der Waals surface area contributed by atoms with Crippen molar-refractivity contribution in [3.63, 3.8) is 0 Å². The Morgan fingerprint density at radius 2 is 1.94 bits per heavy atom. The molecule has 1 saturated carbocycles. The van der Waals surface area contributed by atoms with Crippen molar-refractivity contribution in [3.8, 4) is 11.5 Å². The van der Waals surface area contributed by atoms with Gasteiger partial charge in [-0.25, -0.2) is 5.01 Å². The molecule has 1 fully saturated rings. The summed E-state index contributed by atoms with van der Waals surface area (Å²) in [5.74, 6) is 1.28. The lowest BCUT2D eigenvalue weighted by Crippen LogP contribution is -2.36. The van der Waals surface area contributed by atoms with E-state index in [1.807, 2.05) is 25.1 Å². The molecule has 1 unspecified atom stereocenters. The molecule has 174 valence electrons. The molecule has 8 nitrogen and oxygen atoms in total. The number of nitro benzene ring substituents is 1. The Hall–Kier alpha value is -3.42. The van der Waals surface area contributed by atoms with Crippen LogP contribution in [0.5, 0.6) is 11.5 Å². The van der Waals surface area contributed by atoms with Crippen LogP contribution in [0.1, 0.15) is 56.6 Å². The van der Waals surface area contributed by atoms with Gasteiger partial charge in [0.2, 0.25) is 5.91 Å². The van der Waals surface area contributed by atoms with Gasteiger partial charge >= 0.3 is 0 Å². The van der Waals surface area contributed by atoms with Gasteiger partial charge in [0, 0.05) is 30.0 Å². The number of hydrogen-bond donors (Lipinski definition) is 0. The minimum Gasteiger partial charge on any atom is -0.493 e. The molecule has 2 aromatic rings. The maximum atomic E-state index is 12.8. The van der Waals surface area contributed by atoms with Crippen LogP contribution in [0.15, 0.2) is 47.6 Å². The number of carbonyl (C=O) groups excluding carboxylic acids is 1. The van der Waals surface area contributed by atoms with E-state index in [9.17, 15) is 14.9 Å². The predicted octanol–water partition coefficient (Wildman–Crippen LogP) is 5.09. The van der Waals surface area contributed by atoms with Gasteiger partial charge < -0.3 is 9.47 Å². The second kappa shape index (κ2) is 10.0. The fraction of sp³-hybridized carbons (Fsp3) is 0.440. The number of methoxy groups -OCH3 is 1. The molecule has 1 aliphatic heterocycles. The number of nitro groups is 1. The van der Waals surface area contributed by atoms with Crippen LogP contribution in [-0.4, -0.2) is 34.8 Å². The summed E-state index contributed by atoms with van der Waals surface area (Å²) in [7, 11) is 1.63. The summed E-state index contributed by atoms with van der Waals surface area (Å²) in [5.41, 5.74) is 2.38. The highest BCUT2D eigenvalue weighted by atomic mass is 16.6. The summed E-state index contributed by atoms with van der Waals surface area (Å²) < 4.78 is 11.8. The number of hydrazone groups is 1. The highest BCUT2D eigenvalue weighted by molar-refractivity contribution is 6.06. The van der Waals surface area contributed by atoms with Crippen molar-refractivity contribution in [3.05, 3.63) is 63.7 Å². The van der Waals surface area contributed by atoms with Crippen LogP contribution in [0, 0.1) is 16.0 Å². The Morgan fingerprint density at radius 3 is 2.64 bits per heavy atom. The Balaban J connectivity index is 1.64. The summed E-state index contributed by atoms with van der Waals surface area (Å²) in [6.07, 6.45) is 5.73. The molecule has 0 spiro atoms. The molecule has 33 heavy (non-hydrogen) atoms. The number of nitrogens with zero attached hydrogens (tertiary/aromatic N) is 3. The molecule has 2 aliphatic rings.